The number of carbonyl (C=O) groups excluding carboxylic acids is 2. The van der Waals surface area contributed by atoms with E-state index in [1.807, 2.05) is 24.3 Å². The Morgan fingerprint density at radius 3 is 2.49 bits per heavy atom. The number of hydrogen-bond donors (Lipinski definition) is 3. The van der Waals surface area contributed by atoms with E-state index in [2.05, 4.69) is 15.6 Å². The van der Waals surface area contributed by atoms with E-state index in [0.717, 1.165) is 28.6 Å². The maximum Gasteiger partial charge on any atom is 0.416 e. The Morgan fingerprint density at radius 2 is 1.71 bits per heavy atom. The molecule has 0 aliphatic carbocycles. The van der Waals surface area contributed by atoms with Crippen molar-refractivity contribution < 1.29 is 22.8 Å². The molecular formula is C26H21ClF3N3O2. The van der Waals surface area contributed by atoms with E-state index in [-0.39, 0.29) is 29.1 Å². The summed E-state index contributed by atoms with van der Waals surface area (Å²) in [6, 6.07) is 17.7. The molecule has 0 fully saturated rings. The minimum atomic E-state index is -4.49. The Bertz CT molecular complexity index is 1370. The summed E-state index contributed by atoms with van der Waals surface area (Å²) in [5.74, 6) is -1.07. The van der Waals surface area contributed by atoms with E-state index in [0.29, 0.717) is 0 Å². The lowest BCUT2D eigenvalue weighted by atomic mass is 10.0. The van der Waals surface area contributed by atoms with Crippen LogP contribution in [0.25, 0.3) is 10.9 Å². The van der Waals surface area contributed by atoms with Crippen LogP contribution in [0.1, 0.15) is 27.0 Å². The highest BCUT2D eigenvalue weighted by Gasteiger charge is 2.30. The molecule has 0 bridgehead atoms. The topological polar surface area (TPSA) is 74.0 Å². The van der Waals surface area contributed by atoms with Crippen molar-refractivity contribution in [2.24, 2.45) is 0 Å². The van der Waals surface area contributed by atoms with Gasteiger partial charge in [-0.15, -0.1) is 0 Å². The highest BCUT2D eigenvalue weighted by molar-refractivity contribution is 6.33. The van der Waals surface area contributed by atoms with Gasteiger partial charge in [0.25, 0.3) is 5.91 Å². The molecule has 35 heavy (non-hydrogen) atoms. The monoisotopic (exact) mass is 499 g/mol. The molecule has 180 valence electrons. The molecule has 0 saturated carbocycles. The van der Waals surface area contributed by atoms with E-state index in [4.69, 9.17) is 11.6 Å². The number of para-hydroxylation sites is 1. The lowest BCUT2D eigenvalue weighted by Crippen LogP contribution is -2.47. The number of alkyl halides is 3. The van der Waals surface area contributed by atoms with E-state index in [1.54, 1.807) is 30.5 Å². The molecule has 1 aromatic heterocycles. The maximum atomic E-state index is 13.1. The van der Waals surface area contributed by atoms with Crippen LogP contribution in [0, 0.1) is 0 Å². The van der Waals surface area contributed by atoms with Crippen LogP contribution < -0.4 is 10.6 Å². The van der Waals surface area contributed by atoms with Crippen molar-refractivity contribution in [1.82, 2.24) is 15.6 Å². The third kappa shape index (κ3) is 5.84. The van der Waals surface area contributed by atoms with Crippen molar-refractivity contribution in [2.45, 2.75) is 25.2 Å². The summed E-state index contributed by atoms with van der Waals surface area (Å²) in [6.07, 6.45) is -2.56. The van der Waals surface area contributed by atoms with E-state index >= 15 is 0 Å². The number of aromatic nitrogens is 1. The molecule has 0 saturated heterocycles. The predicted octanol–water partition coefficient (Wildman–Crippen LogP) is 5.50. The second-order valence-corrected chi connectivity index (χ2v) is 8.39. The van der Waals surface area contributed by atoms with Gasteiger partial charge in [-0.05, 0) is 41.5 Å². The first-order valence-electron chi connectivity index (χ1n) is 10.8. The molecule has 1 atom stereocenters. The lowest BCUT2D eigenvalue weighted by Gasteiger charge is -2.19. The molecule has 3 N–H and O–H groups in total. The Kier molecular flexibility index (Phi) is 7.12. The van der Waals surface area contributed by atoms with Crippen LogP contribution in [0.4, 0.5) is 13.2 Å². The molecule has 0 aliphatic rings. The Morgan fingerprint density at radius 1 is 0.971 bits per heavy atom. The predicted molar refractivity (Wildman–Crippen MR) is 128 cm³/mol. The number of halogens is 4. The van der Waals surface area contributed by atoms with Gasteiger partial charge in [0.1, 0.15) is 6.04 Å². The van der Waals surface area contributed by atoms with Crippen molar-refractivity contribution in [3.8, 4) is 0 Å². The first-order valence-corrected chi connectivity index (χ1v) is 11.1. The van der Waals surface area contributed by atoms with Gasteiger partial charge in [-0.3, -0.25) is 9.59 Å². The van der Waals surface area contributed by atoms with Crippen molar-refractivity contribution in [1.29, 1.82) is 0 Å². The third-order valence-electron chi connectivity index (χ3n) is 5.56. The summed E-state index contributed by atoms with van der Waals surface area (Å²) in [5, 5.41) is 6.50. The van der Waals surface area contributed by atoms with Crippen molar-refractivity contribution >= 4 is 34.3 Å². The van der Waals surface area contributed by atoms with Gasteiger partial charge in [-0.1, -0.05) is 54.1 Å². The Balaban J connectivity index is 1.55. The minimum absolute atomic E-state index is 0.130. The van der Waals surface area contributed by atoms with Gasteiger partial charge in [-0.2, -0.15) is 13.2 Å². The Labute approximate surface area is 204 Å². The summed E-state index contributed by atoms with van der Waals surface area (Å²) < 4.78 is 39.1. The molecule has 4 aromatic rings. The van der Waals surface area contributed by atoms with Crippen LogP contribution in [-0.2, 0) is 23.9 Å². The molecule has 0 radical (unpaired) electrons. The van der Waals surface area contributed by atoms with E-state index < -0.39 is 29.6 Å². The minimum Gasteiger partial charge on any atom is -0.361 e. The van der Waals surface area contributed by atoms with Crippen molar-refractivity contribution in [3.05, 3.63) is 106 Å². The van der Waals surface area contributed by atoms with Crippen molar-refractivity contribution in [3.63, 3.8) is 0 Å². The first-order chi connectivity index (χ1) is 16.7. The number of nitrogens with one attached hydrogen (secondary N) is 3. The van der Waals surface area contributed by atoms with Crippen LogP contribution in [0.2, 0.25) is 5.02 Å². The zero-order chi connectivity index (χ0) is 25.0. The summed E-state index contributed by atoms with van der Waals surface area (Å²) in [7, 11) is 0. The SMILES string of the molecule is O=C(N[C@@H](Cc1c[nH]c2ccccc12)C(=O)NCc1cccc(C(F)(F)F)c1)c1ccccc1Cl. The molecule has 0 unspecified atom stereocenters. The van der Waals surface area contributed by atoms with E-state index in [1.165, 1.54) is 12.1 Å². The van der Waals surface area contributed by atoms with Gasteiger partial charge >= 0.3 is 6.18 Å². The average molecular weight is 500 g/mol. The van der Waals surface area contributed by atoms with Crippen LogP contribution in [0.15, 0.2) is 79.0 Å². The van der Waals surface area contributed by atoms with Gasteiger partial charge in [0, 0.05) is 30.1 Å². The second-order valence-electron chi connectivity index (χ2n) is 7.99. The summed E-state index contributed by atoms with van der Waals surface area (Å²) in [6.45, 7) is -0.130. The second kappa shape index (κ2) is 10.2. The van der Waals surface area contributed by atoms with Gasteiger partial charge in [0.15, 0.2) is 0 Å². The number of hydrogen-bond acceptors (Lipinski definition) is 2. The zero-order valence-electron chi connectivity index (χ0n) is 18.3. The summed E-state index contributed by atoms with van der Waals surface area (Å²) >= 11 is 6.14. The average Bonchev–Trinajstić information content (AvgIpc) is 3.25. The number of rotatable bonds is 7. The number of H-pyrrole nitrogens is 1. The zero-order valence-corrected chi connectivity index (χ0v) is 19.1. The lowest BCUT2D eigenvalue weighted by molar-refractivity contribution is -0.137. The van der Waals surface area contributed by atoms with Crippen LogP contribution in [-0.4, -0.2) is 22.8 Å². The number of carbonyl (C=O) groups is 2. The summed E-state index contributed by atoms with van der Waals surface area (Å²) in [5.41, 5.74) is 1.38. The quantitative estimate of drug-likeness (QED) is 0.314. The van der Waals surface area contributed by atoms with Crippen LogP contribution in [0.3, 0.4) is 0 Å². The number of amides is 2. The fourth-order valence-corrected chi connectivity index (χ4v) is 4.00. The standard InChI is InChI=1S/C26H21ClF3N3O2/c27-21-10-3-1-9-20(21)24(34)33-23(13-17-15-31-22-11-4-2-8-19(17)22)25(35)32-14-16-6-5-7-18(12-16)26(28,29)30/h1-12,15,23,31H,13-14H2,(H,32,35)(H,33,34)/t23-/m0/s1. The molecule has 2 amide bonds. The molecule has 3 aromatic carbocycles. The molecular weight excluding hydrogens is 479 g/mol. The van der Waals surface area contributed by atoms with Crippen molar-refractivity contribution in [2.75, 3.05) is 0 Å². The molecule has 0 spiro atoms. The highest BCUT2D eigenvalue weighted by atomic mass is 35.5. The van der Waals surface area contributed by atoms with Gasteiger partial charge in [0.2, 0.25) is 5.91 Å². The normalized spacial score (nSPS) is 12.3. The first kappa shape index (κ1) is 24.3. The largest absolute Gasteiger partial charge is 0.416 e. The fraction of sp³-hybridized carbons (Fsp3) is 0.154. The van der Waals surface area contributed by atoms with Gasteiger partial charge in [-0.25, -0.2) is 0 Å². The fourth-order valence-electron chi connectivity index (χ4n) is 3.78. The number of aromatic amines is 1. The van der Waals surface area contributed by atoms with Crippen LogP contribution >= 0.6 is 11.6 Å². The molecule has 5 nitrogen and oxygen atoms in total. The smallest absolute Gasteiger partial charge is 0.361 e. The summed E-state index contributed by atoms with van der Waals surface area (Å²) in [4.78, 5) is 29.1. The maximum absolute atomic E-state index is 13.1. The molecule has 1 heterocycles. The van der Waals surface area contributed by atoms with E-state index in [9.17, 15) is 22.8 Å². The molecule has 9 heteroatoms. The number of benzene rings is 3. The Hall–Kier alpha value is -3.78. The van der Waals surface area contributed by atoms with Gasteiger partial charge in [0.05, 0.1) is 16.1 Å². The highest BCUT2D eigenvalue weighted by Crippen LogP contribution is 2.29. The number of fused-ring (bicyclic) bond motifs is 1. The molecule has 0 aliphatic heterocycles. The third-order valence-corrected chi connectivity index (χ3v) is 5.89. The molecule has 4 rings (SSSR count). The van der Waals surface area contributed by atoms with Crippen LogP contribution in [0.5, 0.6) is 0 Å². The van der Waals surface area contributed by atoms with Gasteiger partial charge < -0.3 is 15.6 Å².